The fraction of sp³-hybridized carbons (Fsp3) is 0.364. The van der Waals surface area contributed by atoms with Crippen molar-refractivity contribution in [1.29, 1.82) is 0 Å². The molecule has 20 heavy (non-hydrogen) atoms. The maximum Gasteiger partial charge on any atom is 0.244 e. The first kappa shape index (κ1) is 14.6. The summed E-state index contributed by atoms with van der Waals surface area (Å²) in [4.78, 5) is 8.19. The van der Waals surface area contributed by atoms with E-state index >= 15 is 0 Å². The van der Waals surface area contributed by atoms with Crippen molar-refractivity contribution in [3.8, 4) is 0 Å². The lowest BCUT2D eigenvalue weighted by Crippen LogP contribution is -2.25. The van der Waals surface area contributed by atoms with Crippen LogP contribution in [0, 0.1) is 13.8 Å². The molecule has 2 aromatic rings. The lowest BCUT2D eigenvalue weighted by molar-refractivity contribution is 0.578. The zero-order valence-electron chi connectivity index (χ0n) is 11.2. The van der Waals surface area contributed by atoms with Gasteiger partial charge >= 0.3 is 0 Å². The Morgan fingerprint density at radius 1 is 1.40 bits per heavy atom. The lowest BCUT2D eigenvalue weighted by Gasteiger charge is -2.07. The molecule has 0 aliphatic carbocycles. The SMILES string of the molecule is Cc1nccc(CNS(=O)(=O)c2c(CN)n[nH]c2C)n1. The third-order valence-electron chi connectivity index (χ3n) is 2.70. The normalized spacial score (nSPS) is 11.8. The molecular weight excluding hydrogens is 280 g/mol. The van der Waals surface area contributed by atoms with Gasteiger partial charge in [0.05, 0.1) is 23.6 Å². The minimum atomic E-state index is -3.69. The summed E-state index contributed by atoms with van der Waals surface area (Å²) in [6, 6.07) is 1.65. The van der Waals surface area contributed by atoms with Crippen molar-refractivity contribution < 1.29 is 8.42 Å². The van der Waals surface area contributed by atoms with Crippen molar-refractivity contribution in [1.82, 2.24) is 24.9 Å². The van der Waals surface area contributed by atoms with Crippen LogP contribution in [-0.2, 0) is 23.1 Å². The van der Waals surface area contributed by atoms with Crippen LogP contribution in [0.2, 0.25) is 0 Å². The zero-order valence-corrected chi connectivity index (χ0v) is 12.0. The summed E-state index contributed by atoms with van der Waals surface area (Å²) in [5.41, 5.74) is 6.86. The third-order valence-corrected chi connectivity index (χ3v) is 4.30. The van der Waals surface area contributed by atoms with Gasteiger partial charge < -0.3 is 5.73 Å². The third kappa shape index (κ3) is 3.00. The fourth-order valence-corrected chi connectivity index (χ4v) is 3.18. The van der Waals surface area contributed by atoms with Gasteiger partial charge in [0.15, 0.2) is 0 Å². The van der Waals surface area contributed by atoms with Crippen molar-refractivity contribution in [3.05, 3.63) is 35.2 Å². The Labute approximate surface area is 116 Å². The molecule has 0 saturated heterocycles. The Hall–Kier alpha value is -1.84. The number of aromatic nitrogens is 4. The van der Waals surface area contributed by atoms with Crippen LogP contribution in [0.1, 0.15) is 22.9 Å². The van der Waals surface area contributed by atoms with Crippen molar-refractivity contribution >= 4 is 10.0 Å². The van der Waals surface area contributed by atoms with E-state index in [4.69, 9.17) is 5.73 Å². The van der Waals surface area contributed by atoms with Crippen LogP contribution in [0.3, 0.4) is 0 Å². The van der Waals surface area contributed by atoms with Gasteiger partial charge in [-0.2, -0.15) is 5.10 Å². The van der Waals surface area contributed by atoms with Crippen LogP contribution < -0.4 is 10.5 Å². The summed E-state index contributed by atoms with van der Waals surface area (Å²) in [6.45, 7) is 3.51. The first-order valence-corrected chi connectivity index (χ1v) is 7.44. The van der Waals surface area contributed by atoms with E-state index in [1.807, 2.05) is 0 Å². The van der Waals surface area contributed by atoms with E-state index in [0.29, 0.717) is 22.9 Å². The van der Waals surface area contributed by atoms with Crippen molar-refractivity contribution in [2.24, 2.45) is 5.73 Å². The van der Waals surface area contributed by atoms with Gasteiger partial charge in [-0.15, -0.1) is 0 Å². The molecule has 0 amide bonds. The molecule has 2 rings (SSSR count). The van der Waals surface area contributed by atoms with Crippen LogP contribution in [0.15, 0.2) is 17.2 Å². The molecule has 0 bridgehead atoms. The minimum Gasteiger partial charge on any atom is -0.325 e. The van der Waals surface area contributed by atoms with Gasteiger partial charge in [-0.25, -0.2) is 23.1 Å². The molecule has 0 saturated carbocycles. The molecule has 2 aromatic heterocycles. The molecule has 8 nitrogen and oxygen atoms in total. The molecule has 0 aliphatic heterocycles. The number of H-pyrrole nitrogens is 1. The highest BCUT2D eigenvalue weighted by molar-refractivity contribution is 7.89. The first-order chi connectivity index (χ1) is 9.44. The fourth-order valence-electron chi connectivity index (χ4n) is 1.81. The van der Waals surface area contributed by atoms with Gasteiger partial charge in [0.2, 0.25) is 10.0 Å². The van der Waals surface area contributed by atoms with Gasteiger partial charge in [0, 0.05) is 12.7 Å². The molecule has 4 N–H and O–H groups in total. The number of hydrogen-bond acceptors (Lipinski definition) is 6. The van der Waals surface area contributed by atoms with E-state index in [1.54, 1.807) is 26.1 Å². The number of rotatable bonds is 5. The summed E-state index contributed by atoms with van der Waals surface area (Å²) in [6.07, 6.45) is 1.58. The first-order valence-electron chi connectivity index (χ1n) is 5.96. The zero-order chi connectivity index (χ0) is 14.8. The van der Waals surface area contributed by atoms with Crippen LogP contribution in [0.5, 0.6) is 0 Å². The Bertz CT molecular complexity index is 709. The Balaban J connectivity index is 2.21. The van der Waals surface area contributed by atoms with E-state index in [9.17, 15) is 8.42 Å². The molecule has 0 aliphatic rings. The molecule has 0 radical (unpaired) electrons. The Kier molecular flexibility index (Phi) is 4.12. The summed E-state index contributed by atoms with van der Waals surface area (Å²) < 4.78 is 27.1. The van der Waals surface area contributed by atoms with Crippen LogP contribution in [0.25, 0.3) is 0 Å². The highest BCUT2D eigenvalue weighted by atomic mass is 32.2. The summed E-state index contributed by atoms with van der Waals surface area (Å²) >= 11 is 0. The molecule has 0 fully saturated rings. The average molecular weight is 296 g/mol. The summed E-state index contributed by atoms with van der Waals surface area (Å²) in [5.74, 6) is 0.587. The predicted molar refractivity (Wildman–Crippen MR) is 72.0 cm³/mol. The van der Waals surface area contributed by atoms with Gasteiger partial charge in [0.1, 0.15) is 10.7 Å². The highest BCUT2D eigenvalue weighted by Crippen LogP contribution is 2.17. The maximum atomic E-state index is 12.3. The van der Waals surface area contributed by atoms with Gasteiger partial charge in [0.25, 0.3) is 0 Å². The van der Waals surface area contributed by atoms with Gasteiger partial charge in [-0.3, -0.25) is 5.10 Å². The Morgan fingerprint density at radius 3 is 2.80 bits per heavy atom. The quantitative estimate of drug-likeness (QED) is 0.698. The van der Waals surface area contributed by atoms with Crippen LogP contribution in [-0.4, -0.2) is 28.6 Å². The smallest absolute Gasteiger partial charge is 0.244 e. The number of aromatic amines is 1. The van der Waals surface area contributed by atoms with E-state index in [0.717, 1.165) is 0 Å². The second-order valence-corrected chi connectivity index (χ2v) is 5.95. The molecule has 9 heteroatoms. The average Bonchev–Trinajstić information content (AvgIpc) is 2.78. The summed E-state index contributed by atoms with van der Waals surface area (Å²) in [7, 11) is -3.69. The minimum absolute atomic E-state index is 0.0488. The van der Waals surface area contributed by atoms with Gasteiger partial charge in [-0.05, 0) is 19.9 Å². The number of sulfonamides is 1. The molecule has 108 valence electrons. The largest absolute Gasteiger partial charge is 0.325 e. The standard InChI is InChI=1S/C11H16N6O2S/c1-7-11(10(5-12)17-16-7)20(18,19)14-6-9-3-4-13-8(2)15-9/h3-4,14H,5-6,12H2,1-2H3,(H,16,17). The number of nitrogens with two attached hydrogens (primary N) is 1. The van der Waals surface area contributed by atoms with E-state index in [1.165, 1.54) is 0 Å². The number of nitrogens with one attached hydrogen (secondary N) is 2. The van der Waals surface area contributed by atoms with Crippen molar-refractivity contribution in [2.45, 2.75) is 31.8 Å². The van der Waals surface area contributed by atoms with Crippen LogP contribution >= 0.6 is 0 Å². The molecule has 0 atom stereocenters. The molecule has 0 spiro atoms. The molecule has 0 unspecified atom stereocenters. The monoisotopic (exact) mass is 296 g/mol. The summed E-state index contributed by atoms with van der Waals surface area (Å²) in [5, 5.41) is 6.50. The number of aryl methyl sites for hydroxylation is 2. The van der Waals surface area contributed by atoms with Crippen molar-refractivity contribution in [2.75, 3.05) is 0 Å². The van der Waals surface area contributed by atoms with Crippen LogP contribution in [0.4, 0.5) is 0 Å². The molecular formula is C11H16N6O2S. The van der Waals surface area contributed by atoms with Crippen molar-refractivity contribution in [3.63, 3.8) is 0 Å². The molecule has 2 heterocycles. The van der Waals surface area contributed by atoms with E-state index in [-0.39, 0.29) is 18.0 Å². The second-order valence-electron chi connectivity index (χ2n) is 4.25. The second kappa shape index (κ2) is 5.65. The number of nitrogens with zero attached hydrogens (tertiary/aromatic N) is 3. The topological polar surface area (TPSA) is 127 Å². The maximum absolute atomic E-state index is 12.3. The van der Waals surface area contributed by atoms with E-state index < -0.39 is 10.0 Å². The highest BCUT2D eigenvalue weighted by Gasteiger charge is 2.23. The predicted octanol–water partition coefficient (Wildman–Crippen LogP) is -0.246. The Morgan fingerprint density at radius 2 is 2.15 bits per heavy atom. The lowest BCUT2D eigenvalue weighted by atomic mass is 10.4. The molecule has 0 aromatic carbocycles. The van der Waals surface area contributed by atoms with E-state index in [2.05, 4.69) is 24.9 Å². The van der Waals surface area contributed by atoms with Gasteiger partial charge in [-0.1, -0.05) is 0 Å². The number of hydrogen-bond donors (Lipinski definition) is 3.